The Labute approximate surface area is 91.5 Å². The second-order valence-corrected chi connectivity index (χ2v) is 4.29. The van der Waals surface area contributed by atoms with Gasteiger partial charge in [-0.25, -0.2) is 4.39 Å². The summed E-state index contributed by atoms with van der Waals surface area (Å²) in [7, 11) is 0. The van der Waals surface area contributed by atoms with Gasteiger partial charge in [-0.3, -0.25) is 0 Å². The SMILES string of the molecule is CCCC(C)C(N)c1cc(F)ccc1C. The fourth-order valence-electron chi connectivity index (χ4n) is 1.91. The first kappa shape index (κ1) is 12.2. The first-order chi connectivity index (χ1) is 7.06. The van der Waals surface area contributed by atoms with E-state index >= 15 is 0 Å². The number of aryl methyl sites for hydroxylation is 1. The molecule has 15 heavy (non-hydrogen) atoms. The molecule has 0 saturated heterocycles. The van der Waals surface area contributed by atoms with Crippen molar-refractivity contribution in [2.24, 2.45) is 11.7 Å². The third kappa shape index (κ3) is 3.03. The Balaban J connectivity index is 2.89. The van der Waals surface area contributed by atoms with Crippen LogP contribution in [-0.2, 0) is 0 Å². The number of nitrogens with two attached hydrogens (primary N) is 1. The second kappa shape index (κ2) is 5.26. The Kier molecular flexibility index (Phi) is 4.28. The van der Waals surface area contributed by atoms with Crippen molar-refractivity contribution in [3.63, 3.8) is 0 Å². The molecule has 0 heterocycles. The van der Waals surface area contributed by atoms with Gasteiger partial charge in [0.15, 0.2) is 0 Å². The van der Waals surface area contributed by atoms with Crippen LogP contribution in [0.3, 0.4) is 0 Å². The zero-order valence-electron chi connectivity index (χ0n) is 9.76. The summed E-state index contributed by atoms with van der Waals surface area (Å²) in [6.07, 6.45) is 2.19. The normalized spacial score (nSPS) is 15.0. The smallest absolute Gasteiger partial charge is 0.123 e. The first-order valence-electron chi connectivity index (χ1n) is 5.58. The van der Waals surface area contributed by atoms with Gasteiger partial charge in [-0.1, -0.05) is 26.3 Å². The van der Waals surface area contributed by atoms with E-state index in [1.807, 2.05) is 6.92 Å². The van der Waals surface area contributed by atoms with E-state index < -0.39 is 0 Å². The predicted octanol–water partition coefficient (Wildman–Crippen LogP) is 3.57. The lowest BCUT2D eigenvalue weighted by molar-refractivity contribution is 0.431. The van der Waals surface area contributed by atoms with Gasteiger partial charge in [-0.15, -0.1) is 0 Å². The zero-order valence-corrected chi connectivity index (χ0v) is 9.76. The van der Waals surface area contributed by atoms with E-state index in [2.05, 4.69) is 13.8 Å². The standard InChI is InChI=1S/C13H20FN/c1-4-5-10(3)13(15)12-8-11(14)7-6-9(12)2/h6-8,10,13H,4-5,15H2,1-3H3. The predicted molar refractivity (Wildman–Crippen MR) is 62.1 cm³/mol. The minimum atomic E-state index is -0.199. The van der Waals surface area contributed by atoms with Gasteiger partial charge in [0, 0.05) is 6.04 Å². The zero-order chi connectivity index (χ0) is 11.4. The number of hydrogen-bond donors (Lipinski definition) is 1. The van der Waals surface area contributed by atoms with Crippen LogP contribution in [0.4, 0.5) is 4.39 Å². The molecule has 0 bridgehead atoms. The second-order valence-electron chi connectivity index (χ2n) is 4.29. The summed E-state index contributed by atoms with van der Waals surface area (Å²) < 4.78 is 13.1. The summed E-state index contributed by atoms with van der Waals surface area (Å²) in [6.45, 7) is 6.24. The maximum Gasteiger partial charge on any atom is 0.123 e. The topological polar surface area (TPSA) is 26.0 Å². The third-order valence-corrected chi connectivity index (χ3v) is 2.96. The molecule has 0 fully saturated rings. The summed E-state index contributed by atoms with van der Waals surface area (Å²) in [5.74, 6) is 0.199. The molecule has 84 valence electrons. The quantitative estimate of drug-likeness (QED) is 0.806. The number of benzene rings is 1. The van der Waals surface area contributed by atoms with Crippen molar-refractivity contribution in [3.05, 3.63) is 35.1 Å². The molecule has 0 amide bonds. The van der Waals surface area contributed by atoms with E-state index in [-0.39, 0.29) is 11.9 Å². The lowest BCUT2D eigenvalue weighted by Gasteiger charge is -2.21. The van der Waals surface area contributed by atoms with Crippen molar-refractivity contribution in [3.8, 4) is 0 Å². The first-order valence-corrected chi connectivity index (χ1v) is 5.58. The number of hydrogen-bond acceptors (Lipinski definition) is 1. The molecule has 1 rings (SSSR count). The van der Waals surface area contributed by atoms with Gasteiger partial charge in [-0.05, 0) is 42.5 Å². The van der Waals surface area contributed by atoms with E-state index in [0.29, 0.717) is 5.92 Å². The molecule has 0 aliphatic carbocycles. The fraction of sp³-hybridized carbons (Fsp3) is 0.538. The van der Waals surface area contributed by atoms with Crippen LogP contribution < -0.4 is 5.73 Å². The van der Waals surface area contributed by atoms with Gasteiger partial charge in [0.1, 0.15) is 5.82 Å². The Morgan fingerprint density at radius 2 is 2.07 bits per heavy atom. The Bertz CT molecular complexity index is 322. The molecule has 0 saturated carbocycles. The molecule has 0 spiro atoms. The van der Waals surface area contributed by atoms with Crippen LogP contribution in [0, 0.1) is 18.7 Å². The van der Waals surface area contributed by atoms with Crippen LogP contribution in [-0.4, -0.2) is 0 Å². The molecule has 1 aromatic rings. The van der Waals surface area contributed by atoms with Crippen LogP contribution in [0.2, 0.25) is 0 Å². The lowest BCUT2D eigenvalue weighted by atomic mass is 9.89. The van der Waals surface area contributed by atoms with Crippen molar-refractivity contribution in [1.82, 2.24) is 0 Å². The van der Waals surface area contributed by atoms with Crippen molar-refractivity contribution in [2.75, 3.05) is 0 Å². The van der Waals surface area contributed by atoms with E-state index in [9.17, 15) is 4.39 Å². The highest BCUT2D eigenvalue weighted by atomic mass is 19.1. The van der Waals surface area contributed by atoms with Gasteiger partial charge >= 0.3 is 0 Å². The monoisotopic (exact) mass is 209 g/mol. The number of halogens is 1. The van der Waals surface area contributed by atoms with Crippen molar-refractivity contribution in [2.45, 2.75) is 39.7 Å². The summed E-state index contributed by atoms with van der Waals surface area (Å²) in [5.41, 5.74) is 8.14. The lowest BCUT2D eigenvalue weighted by Crippen LogP contribution is -2.20. The van der Waals surface area contributed by atoms with E-state index in [4.69, 9.17) is 5.73 Å². The molecule has 1 aromatic carbocycles. The molecule has 0 aliphatic rings. The van der Waals surface area contributed by atoms with Crippen LogP contribution in [0.1, 0.15) is 43.9 Å². The molecule has 1 nitrogen and oxygen atoms in total. The highest BCUT2D eigenvalue weighted by Crippen LogP contribution is 2.26. The highest BCUT2D eigenvalue weighted by molar-refractivity contribution is 5.29. The Morgan fingerprint density at radius 3 is 2.67 bits per heavy atom. The van der Waals surface area contributed by atoms with Crippen molar-refractivity contribution >= 4 is 0 Å². The molecular weight excluding hydrogens is 189 g/mol. The molecule has 2 unspecified atom stereocenters. The molecule has 2 heteroatoms. The van der Waals surface area contributed by atoms with Crippen LogP contribution in [0.5, 0.6) is 0 Å². The van der Waals surface area contributed by atoms with E-state index in [1.165, 1.54) is 6.07 Å². The largest absolute Gasteiger partial charge is 0.324 e. The van der Waals surface area contributed by atoms with E-state index in [1.54, 1.807) is 12.1 Å². The maximum atomic E-state index is 13.1. The average molecular weight is 209 g/mol. The highest BCUT2D eigenvalue weighted by Gasteiger charge is 2.16. The van der Waals surface area contributed by atoms with Gasteiger partial charge < -0.3 is 5.73 Å². The van der Waals surface area contributed by atoms with Crippen LogP contribution in [0.25, 0.3) is 0 Å². The molecule has 2 atom stereocenters. The summed E-state index contributed by atoms with van der Waals surface area (Å²) in [6, 6.07) is 4.78. The van der Waals surface area contributed by atoms with Crippen molar-refractivity contribution in [1.29, 1.82) is 0 Å². The summed E-state index contributed by atoms with van der Waals surface area (Å²) in [5, 5.41) is 0. The Morgan fingerprint density at radius 1 is 1.40 bits per heavy atom. The van der Waals surface area contributed by atoms with Gasteiger partial charge in [0.2, 0.25) is 0 Å². The molecule has 2 N–H and O–H groups in total. The minimum absolute atomic E-state index is 0.0550. The molecular formula is C13H20FN. The van der Waals surface area contributed by atoms with Gasteiger partial charge in [0.25, 0.3) is 0 Å². The third-order valence-electron chi connectivity index (χ3n) is 2.96. The van der Waals surface area contributed by atoms with Crippen molar-refractivity contribution < 1.29 is 4.39 Å². The van der Waals surface area contributed by atoms with Gasteiger partial charge in [-0.2, -0.15) is 0 Å². The van der Waals surface area contributed by atoms with E-state index in [0.717, 1.165) is 24.0 Å². The van der Waals surface area contributed by atoms with Gasteiger partial charge in [0.05, 0.1) is 0 Å². The van der Waals surface area contributed by atoms with Crippen LogP contribution >= 0.6 is 0 Å². The average Bonchev–Trinajstić information content (AvgIpc) is 2.21. The molecule has 0 radical (unpaired) electrons. The minimum Gasteiger partial charge on any atom is -0.324 e. The summed E-state index contributed by atoms with van der Waals surface area (Å²) >= 11 is 0. The number of rotatable bonds is 4. The molecule has 0 aliphatic heterocycles. The fourth-order valence-corrected chi connectivity index (χ4v) is 1.91. The Hall–Kier alpha value is -0.890. The van der Waals surface area contributed by atoms with Crippen LogP contribution in [0.15, 0.2) is 18.2 Å². The maximum absolute atomic E-state index is 13.1. The molecule has 0 aromatic heterocycles. The summed E-state index contributed by atoms with van der Waals surface area (Å²) in [4.78, 5) is 0.